The standard InChI is InChI=1S/C15H19NO3S/c1-4-12(17)16-13(14(18)19)15(2,3)20-10-11-8-6-5-7-9-11/h4-9,13H,1,10H2,2-3H3,(H,16,17)(H,18,19). The van der Waals surface area contributed by atoms with Gasteiger partial charge in [-0.25, -0.2) is 4.79 Å². The zero-order valence-corrected chi connectivity index (χ0v) is 12.4. The number of benzene rings is 1. The number of amides is 1. The first kappa shape index (κ1) is 16.3. The summed E-state index contributed by atoms with van der Waals surface area (Å²) in [6, 6.07) is 8.82. The fourth-order valence-electron chi connectivity index (χ4n) is 1.66. The Labute approximate surface area is 123 Å². The van der Waals surface area contributed by atoms with Crippen LogP contribution in [0.1, 0.15) is 19.4 Å². The Morgan fingerprint density at radius 3 is 2.50 bits per heavy atom. The van der Waals surface area contributed by atoms with E-state index >= 15 is 0 Å². The largest absolute Gasteiger partial charge is 0.480 e. The Hall–Kier alpha value is -1.75. The molecule has 0 aliphatic rings. The number of carboxylic acids is 1. The maximum Gasteiger partial charge on any atom is 0.327 e. The van der Waals surface area contributed by atoms with Crippen LogP contribution < -0.4 is 5.32 Å². The van der Waals surface area contributed by atoms with Crippen molar-refractivity contribution >= 4 is 23.6 Å². The van der Waals surface area contributed by atoms with Crippen LogP contribution in [0.25, 0.3) is 0 Å². The van der Waals surface area contributed by atoms with Gasteiger partial charge in [0.2, 0.25) is 5.91 Å². The first-order chi connectivity index (χ1) is 9.36. The Morgan fingerprint density at radius 1 is 1.40 bits per heavy atom. The van der Waals surface area contributed by atoms with E-state index in [0.29, 0.717) is 5.75 Å². The van der Waals surface area contributed by atoms with Gasteiger partial charge in [-0.3, -0.25) is 4.79 Å². The predicted molar refractivity (Wildman–Crippen MR) is 81.6 cm³/mol. The predicted octanol–water partition coefficient (Wildman–Crippen LogP) is 2.45. The minimum absolute atomic E-state index is 0.481. The highest BCUT2D eigenvalue weighted by Crippen LogP contribution is 2.31. The summed E-state index contributed by atoms with van der Waals surface area (Å²) >= 11 is 1.49. The van der Waals surface area contributed by atoms with Crippen molar-refractivity contribution in [1.82, 2.24) is 5.32 Å². The van der Waals surface area contributed by atoms with Crippen LogP contribution in [0.5, 0.6) is 0 Å². The third-order valence-electron chi connectivity index (χ3n) is 2.87. The minimum atomic E-state index is -1.05. The summed E-state index contributed by atoms with van der Waals surface area (Å²) in [5.41, 5.74) is 1.12. The molecule has 1 aromatic rings. The molecule has 0 fully saturated rings. The van der Waals surface area contributed by atoms with Crippen molar-refractivity contribution < 1.29 is 14.7 Å². The summed E-state index contributed by atoms with van der Waals surface area (Å²) < 4.78 is -0.639. The van der Waals surface area contributed by atoms with E-state index in [1.165, 1.54) is 11.8 Å². The number of aliphatic carboxylic acids is 1. The minimum Gasteiger partial charge on any atom is -0.480 e. The van der Waals surface area contributed by atoms with Crippen LogP contribution in [-0.2, 0) is 15.3 Å². The van der Waals surface area contributed by atoms with E-state index in [-0.39, 0.29) is 0 Å². The molecular formula is C15H19NO3S. The molecule has 0 heterocycles. The van der Waals surface area contributed by atoms with E-state index in [4.69, 9.17) is 0 Å². The molecule has 2 N–H and O–H groups in total. The summed E-state index contributed by atoms with van der Waals surface area (Å²) in [6.45, 7) is 6.95. The number of thioether (sulfide) groups is 1. The maximum absolute atomic E-state index is 11.3. The van der Waals surface area contributed by atoms with Gasteiger partial charge in [0.1, 0.15) is 6.04 Å². The van der Waals surface area contributed by atoms with Gasteiger partial charge in [0.15, 0.2) is 0 Å². The van der Waals surface area contributed by atoms with Crippen molar-refractivity contribution in [3.05, 3.63) is 48.6 Å². The van der Waals surface area contributed by atoms with Crippen LogP contribution in [0.4, 0.5) is 0 Å². The van der Waals surface area contributed by atoms with Gasteiger partial charge in [-0.2, -0.15) is 0 Å². The van der Waals surface area contributed by atoms with Crippen LogP contribution >= 0.6 is 11.8 Å². The summed E-state index contributed by atoms with van der Waals surface area (Å²) in [5.74, 6) is -0.849. The summed E-state index contributed by atoms with van der Waals surface area (Å²) in [4.78, 5) is 22.7. The lowest BCUT2D eigenvalue weighted by molar-refractivity contribution is -0.141. The third kappa shape index (κ3) is 4.74. The van der Waals surface area contributed by atoms with E-state index < -0.39 is 22.7 Å². The molecule has 0 aromatic heterocycles. The Kier molecular flexibility index (Phi) is 5.82. The number of carboxylic acid groups (broad SMARTS) is 1. The average molecular weight is 293 g/mol. The molecule has 1 unspecified atom stereocenters. The highest BCUT2D eigenvalue weighted by atomic mass is 32.2. The second-order valence-corrected chi connectivity index (χ2v) is 6.49. The topological polar surface area (TPSA) is 66.4 Å². The second kappa shape index (κ2) is 7.14. The van der Waals surface area contributed by atoms with Crippen LogP contribution in [0, 0.1) is 0 Å². The van der Waals surface area contributed by atoms with Crippen molar-refractivity contribution in [2.24, 2.45) is 0 Å². The molecule has 108 valence electrons. The number of carbonyl (C=O) groups excluding carboxylic acids is 1. The van der Waals surface area contributed by atoms with Gasteiger partial charge in [0.05, 0.1) is 0 Å². The molecule has 1 amide bonds. The fourth-order valence-corrected chi connectivity index (χ4v) is 2.72. The number of carbonyl (C=O) groups is 2. The molecule has 20 heavy (non-hydrogen) atoms. The van der Waals surface area contributed by atoms with Gasteiger partial charge in [0, 0.05) is 10.5 Å². The first-order valence-electron chi connectivity index (χ1n) is 6.20. The number of nitrogens with one attached hydrogen (secondary N) is 1. The van der Waals surface area contributed by atoms with Gasteiger partial charge in [0.25, 0.3) is 0 Å². The lowest BCUT2D eigenvalue weighted by Crippen LogP contribution is -2.52. The lowest BCUT2D eigenvalue weighted by atomic mass is 10.0. The van der Waals surface area contributed by atoms with E-state index in [9.17, 15) is 14.7 Å². The zero-order chi connectivity index (χ0) is 15.2. The molecule has 0 bridgehead atoms. The molecule has 1 rings (SSSR count). The molecule has 0 aliphatic heterocycles. The maximum atomic E-state index is 11.3. The van der Waals surface area contributed by atoms with Gasteiger partial charge in [-0.05, 0) is 25.5 Å². The van der Waals surface area contributed by atoms with Crippen LogP contribution in [0.2, 0.25) is 0 Å². The number of rotatable bonds is 7. The summed E-state index contributed by atoms with van der Waals surface area (Å²) in [7, 11) is 0. The van der Waals surface area contributed by atoms with E-state index in [1.807, 2.05) is 44.2 Å². The van der Waals surface area contributed by atoms with Gasteiger partial charge in [-0.15, -0.1) is 11.8 Å². The smallest absolute Gasteiger partial charge is 0.327 e. The normalized spacial score (nSPS) is 12.5. The molecule has 0 spiro atoms. The molecule has 0 saturated heterocycles. The van der Waals surface area contributed by atoms with Crippen LogP contribution in [0.15, 0.2) is 43.0 Å². The molecule has 0 radical (unpaired) electrons. The highest BCUT2D eigenvalue weighted by Gasteiger charge is 2.36. The quantitative estimate of drug-likeness (QED) is 0.758. The average Bonchev–Trinajstić information content (AvgIpc) is 2.43. The molecule has 0 aliphatic carbocycles. The third-order valence-corrected chi connectivity index (χ3v) is 4.33. The first-order valence-corrected chi connectivity index (χ1v) is 7.19. The highest BCUT2D eigenvalue weighted by molar-refractivity contribution is 7.99. The van der Waals surface area contributed by atoms with Crippen LogP contribution in [-0.4, -0.2) is 27.8 Å². The van der Waals surface area contributed by atoms with Crippen molar-refractivity contribution in [3.8, 4) is 0 Å². The van der Waals surface area contributed by atoms with Gasteiger partial charge < -0.3 is 10.4 Å². The molecule has 1 aromatic carbocycles. The molecular weight excluding hydrogens is 274 g/mol. The van der Waals surface area contributed by atoms with Gasteiger partial charge in [-0.1, -0.05) is 36.9 Å². The Balaban J connectivity index is 2.74. The summed E-state index contributed by atoms with van der Waals surface area (Å²) in [6.07, 6.45) is 1.08. The van der Waals surface area contributed by atoms with Crippen LogP contribution in [0.3, 0.4) is 0 Å². The molecule has 0 saturated carbocycles. The van der Waals surface area contributed by atoms with Crippen molar-refractivity contribution in [2.45, 2.75) is 30.4 Å². The van der Waals surface area contributed by atoms with E-state index in [2.05, 4.69) is 11.9 Å². The van der Waals surface area contributed by atoms with E-state index in [1.54, 1.807) is 0 Å². The lowest BCUT2D eigenvalue weighted by Gasteiger charge is -2.31. The van der Waals surface area contributed by atoms with Crippen molar-refractivity contribution in [3.63, 3.8) is 0 Å². The SMILES string of the molecule is C=CC(=O)NC(C(=O)O)C(C)(C)SCc1ccccc1. The molecule has 5 heteroatoms. The molecule has 4 nitrogen and oxygen atoms in total. The molecule has 1 atom stereocenters. The van der Waals surface area contributed by atoms with Crippen molar-refractivity contribution in [2.75, 3.05) is 0 Å². The fraction of sp³-hybridized carbons (Fsp3) is 0.333. The number of hydrogen-bond donors (Lipinski definition) is 2. The van der Waals surface area contributed by atoms with Gasteiger partial charge >= 0.3 is 5.97 Å². The second-order valence-electron chi connectivity index (χ2n) is 4.86. The van der Waals surface area contributed by atoms with E-state index in [0.717, 1.165) is 11.6 Å². The summed E-state index contributed by atoms with van der Waals surface area (Å²) in [5, 5.41) is 11.8. The zero-order valence-electron chi connectivity index (χ0n) is 11.6. The Morgan fingerprint density at radius 2 is 2.00 bits per heavy atom. The Bertz CT molecular complexity index is 485. The number of hydrogen-bond acceptors (Lipinski definition) is 3. The monoisotopic (exact) mass is 293 g/mol. The van der Waals surface area contributed by atoms with Crippen molar-refractivity contribution in [1.29, 1.82) is 0 Å².